The number of para-hydroxylation sites is 1. The molecule has 1 fully saturated rings. The van der Waals surface area contributed by atoms with E-state index in [4.69, 9.17) is 4.98 Å². The van der Waals surface area contributed by atoms with Crippen LogP contribution in [-0.4, -0.2) is 41.1 Å². The van der Waals surface area contributed by atoms with Gasteiger partial charge in [0.05, 0.1) is 11.7 Å². The van der Waals surface area contributed by atoms with Gasteiger partial charge in [0.1, 0.15) is 11.6 Å². The van der Waals surface area contributed by atoms with Crippen LogP contribution in [-0.2, 0) is 0 Å². The predicted octanol–water partition coefficient (Wildman–Crippen LogP) is 2.97. The molecule has 3 heterocycles. The number of benzene rings is 1. The second-order valence-electron chi connectivity index (χ2n) is 6.25. The summed E-state index contributed by atoms with van der Waals surface area (Å²) in [5, 5.41) is 1.08. The smallest absolute Gasteiger partial charge is 0.140 e. The van der Waals surface area contributed by atoms with Crippen LogP contribution in [0.15, 0.2) is 42.7 Å². The van der Waals surface area contributed by atoms with Crippen molar-refractivity contribution in [1.82, 2.24) is 15.0 Å². The molecule has 0 amide bonds. The third-order valence-electron chi connectivity index (χ3n) is 4.63. The number of piperazine rings is 1. The molecular formula is C19H21N5. The molecule has 0 radical (unpaired) electrons. The second kappa shape index (κ2) is 6.07. The molecule has 0 bridgehead atoms. The predicted molar refractivity (Wildman–Crippen MR) is 97.7 cm³/mol. The molecule has 122 valence electrons. The fourth-order valence-corrected chi connectivity index (χ4v) is 3.40. The maximum atomic E-state index is 4.71. The lowest BCUT2D eigenvalue weighted by molar-refractivity contribution is 0.647. The first-order valence-electron chi connectivity index (χ1n) is 8.36. The number of hydrogen-bond donors (Lipinski definition) is 0. The highest BCUT2D eigenvalue weighted by Crippen LogP contribution is 2.26. The van der Waals surface area contributed by atoms with Crippen molar-refractivity contribution in [3.05, 3.63) is 54.1 Å². The number of hydrogen-bond acceptors (Lipinski definition) is 5. The first-order valence-corrected chi connectivity index (χ1v) is 8.36. The van der Waals surface area contributed by atoms with Gasteiger partial charge in [-0.2, -0.15) is 0 Å². The van der Waals surface area contributed by atoms with Gasteiger partial charge in [-0.25, -0.2) is 9.97 Å². The normalized spacial score (nSPS) is 15.1. The lowest BCUT2D eigenvalue weighted by Gasteiger charge is -2.37. The van der Waals surface area contributed by atoms with Crippen LogP contribution in [0.3, 0.4) is 0 Å². The summed E-state index contributed by atoms with van der Waals surface area (Å²) in [5.41, 5.74) is 3.59. The van der Waals surface area contributed by atoms with Gasteiger partial charge >= 0.3 is 0 Å². The zero-order chi connectivity index (χ0) is 16.5. The molecule has 5 heteroatoms. The Kier molecular flexibility index (Phi) is 3.76. The first-order chi connectivity index (χ1) is 11.7. The molecule has 4 rings (SSSR count). The van der Waals surface area contributed by atoms with Crippen LogP contribution in [0.2, 0.25) is 0 Å². The second-order valence-corrected chi connectivity index (χ2v) is 6.25. The Morgan fingerprint density at radius 3 is 2.42 bits per heavy atom. The molecule has 2 aromatic heterocycles. The van der Waals surface area contributed by atoms with Crippen LogP contribution in [0, 0.1) is 13.8 Å². The average Bonchev–Trinajstić information content (AvgIpc) is 2.62. The Balaban J connectivity index is 1.60. The Labute approximate surface area is 142 Å². The minimum absolute atomic E-state index is 0.798. The van der Waals surface area contributed by atoms with Gasteiger partial charge in [-0.3, -0.25) is 4.98 Å². The number of rotatable bonds is 2. The van der Waals surface area contributed by atoms with Gasteiger partial charge in [0.15, 0.2) is 0 Å². The van der Waals surface area contributed by atoms with E-state index in [-0.39, 0.29) is 0 Å². The maximum Gasteiger partial charge on any atom is 0.140 e. The van der Waals surface area contributed by atoms with E-state index >= 15 is 0 Å². The molecule has 5 nitrogen and oxygen atoms in total. The SMILES string of the molecule is Cc1nc(N2CCN(c3ccccc3C)CC2)c2ccncc2n1. The van der Waals surface area contributed by atoms with Crippen molar-refractivity contribution in [3.63, 3.8) is 0 Å². The van der Waals surface area contributed by atoms with Crippen molar-refractivity contribution in [2.75, 3.05) is 36.0 Å². The molecule has 0 unspecified atom stereocenters. The summed E-state index contributed by atoms with van der Waals surface area (Å²) in [7, 11) is 0. The van der Waals surface area contributed by atoms with Gasteiger partial charge in [0.2, 0.25) is 0 Å². The third kappa shape index (κ3) is 2.66. The maximum absolute atomic E-state index is 4.71. The van der Waals surface area contributed by atoms with Crippen LogP contribution in [0.1, 0.15) is 11.4 Å². The Morgan fingerprint density at radius 2 is 1.62 bits per heavy atom. The van der Waals surface area contributed by atoms with Crippen molar-refractivity contribution in [3.8, 4) is 0 Å². The Morgan fingerprint density at radius 1 is 0.875 bits per heavy atom. The molecule has 1 saturated heterocycles. The number of aromatic nitrogens is 3. The van der Waals surface area contributed by atoms with Crippen LogP contribution in [0.25, 0.3) is 10.9 Å². The van der Waals surface area contributed by atoms with Gasteiger partial charge < -0.3 is 9.80 Å². The number of pyridine rings is 1. The van der Waals surface area contributed by atoms with E-state index in [1.807, 2.05) is 25.4 Å². The number of fused-ring (bicyclic) bond motifs is 1. The van der Waals surface area contributed by atoms with Crippen LogP contribution in [0.5, 0.6) is 0 Å². The lowest BCUT2D eigenvalue weighted by atomic mass is 10.1. The molecule has 3 aromatic rings. The van der Waals surface area contributed by atoms with E-state index in [9.17, 15) is 0 Å². The summed E-state index contributed by atoms with van der Waals surface area (Å²) < 4.78 is 0. The quantitative estimate of drug-likeness (QED) is 0.726. The molecule has 24 heavy (non-hydrogen) atoms. The van der Waals surface area contributed by atoms with E-state index in [2.05, 4.69) is 51.0 Å². The summed E-state index contributed by atoms with van der Waals surface area (Å²) in [4.78, 5) is 18.2. The molecule has 0 saturated carbocycles. The van der Waals surface area contributed by atoms with E-state index in [1.165, 1.54) is 11.3 Å². The van der Waals surface area contributed by atoms with Crippen molar-refractivity contribution in [2.45, 2.75) is 13.8 Å². The van der Waals surface area contributed by atoms with Gasteiger partial charge in [-0.05, 0) is 31.5 Å². The van der Waals surface area contributed by atoms with Gasteiger partial charge in [0.25, 0.3) is 0 Å². The average molecular weight is 319 g/mol. The molecule has 0 atom stereocenters. The number of aryl methyl sites for hydroxylation is 2. The summed E-state index contributed by atoms with van der Waals surface area (Å²) in [6.45, 7) is 8.04. The van der Waals surface area contributed by atoms with Crippen LogP contribution < -0.4 is 9.80 Å². The highest BCUT2D eigenvalue weighted by Gasteiger charge is 2.21. The van der Waals surface area contributed by atoms with Gasteiger partial charge in [-0.15, -0.1) is 0 Å². The van der Waals surface area contributed by atoms with E-state index in [0.29, 0.717) is 0 Å². The largest absolute Gasteiger partial charge is 0.368 e. The minimum Gasteiger partial charge on any atom is -0.368 e. The molecule has 0 aliphatic carbocycles. The van der Waals surface area contributed by atoms with E-state index in [1.54, 1.807) is 0 Å². The first kappa shape index (κ1) is 14.9. The highest BCUT2D eigenvalue weighted by molar-refractivity contribution is 5.89. The minimum atomic E-state index is 0.798. The molecule has 0 spiro atoms. The summed E-state index contributed by atoms with van der Waals surface area (Å²) in [6.07, 6.45) is 3.63. The molecule has 0 N–H and O–H groups in total. The monoisotopic (exact) mass is 319 g/mol. The van der Waals surface area contributed by atoms with Gasteiger partial charge in [0, 0.05) is 43.4 Å². The zero-order valence-corrected chi connectivity index (χ0v) is 14.1. The summed E-state index contributed by atoms with van der Waals surface area (Å²) in [6, 6.07) is 10.6. The van der Waals surface area contributed by atoms with Crippen LogP contribution in [0.4, 0.5) is 11.5 Å². The Hall–Kier alpha value is -2.69. The van der Waals surface area contributed by atoms with E-state index in [0.717, 1.165) is 48.7 Å². The molecular weight excluding hydrogens is 298 g/mol. The standard InChI is InChI=1S/C19H21N5/c1-14-5-3-4-6-18(14)23-9-11-24(12-10-23)19-16-7-8-20-13-17(16)21-15(2)22-19/h3-8,13H,9-12H2,1-2H3. The van der Waals surface area contributed by atoms with Crippen molar-refractivity contribution in [1.29, 1.82) is 0 Å². The van der Waals surface area contributed by atoms with E-state index < -0.39 is 0 Å². The van der Waals surface area contributed by atoms with Crippen molar-refractivity contribution >= 4 is 22.4 Å². The molecule has 1 aliphatic heterocycles. The fourth-order valence-electron chi connectivity index (χ4n) is 3.40. The molecule has 1 aromatic carbocycles. The van der Waals surface area contributed by atoms with Crippen molar-refractivity contribution < 1.29 is 0 Å². The topological polar surface area (TPSA) is 45.2 Å². The van der Waals surface area contributed by atoms with Crippen LogP contribution >= 0.6 is 0 Å². The van der Waals surface area contributed by atoms with Crippen molar-refractivity contribution in [2.24, 2.45) is 0 Å². The summed E-state index contributed by atoms with van der Waals surface area (Å²) >= 11 is 0. The third-order valence-corrected chi connectivity index (χ3v) is 4.63. The fraction of sp³-hybridized carbons (Fsp3) is 0.316. The summed E-state index contributed by atoms with van der Waals surface area (Å²) in [5.74, 6) is 1.83. The van der Waals surface area contributed by atoms with Gasteiger partial charge in [-0.1, -0.05) is 18.2 Å². The Bertz CT molecular complexity index is 869. The number of nitrogens with zero attached hydrogens (tertiary/aromatic N) is 5. The zero-order valence-electron chi connectivity index (χ0n) is 14.1. The number of anilines is 2. The lowest BCUT2D eigenvalue weighted by Crippen LogP contribution is -2.47. The highest BCUT2D eigenvalue weighted by atomic mass is 15.3. The molecule has 1 aliphatic rings.